The van der Waals surface area contributed by atoms with Crippen molar-refractivity contribution >= 4 is 19.8 Å². The van der Waals surface area contributed by atoms with Crippen LogP contribution in [0.3, 0.4) is 0 Å². The average Bonchev–Trinajstić information content (AvgIpc) is 3.15. The first kappa shape index (κ1) is 52.6. The molecule has 0 radical (unpaired) electrons. The Balaban J connectivity index is 4.50. The molecule has 4 atom stereocenters. The summed E-state index contributed by atoms with van der Waals surface area (Å²) in [5.41, 5.74) is 0. The van der Waals surface area contributed by atoms with Crippen LogP contribution in [0.1, 0.15) is 149 Å². The summed E-state index contributed by atoms with van der Waals surface area (Å²) in [5, 5.41) is 28.3. The van der Waals surface area contributed by atoms with E-state index >= 15 is 0 Å². The molecular formula is C43H75O11P. The van der Waals surface area contributed by atoms with Crippen molar-refractivity contribution in [3.05, 3.63) is 60.8 Å². The van der Waals surface area contributed by atoms with Crippen LogP contribution in [0, 0.1) is 5.92 Å². The monoisotopic (exact) mass is 799 g/mol. The summed E-state index contributed by atoms with van der Waals surface area (Å²) < 4.78 is 32.6. The number of rotatable bonds is 37. The number of unbranched alkanes of at least 4 members (excludes halogenated alkanes) is 11. The molecule has 12 heteroatoms. The van der Waals surface area contributed by atoms with Crippen LogP contribution in [0.15, 0.2) is 60.8 Å². The van der Waals surface area contributed by atoms with Crippen LogP contribution in [-0.2, 0) is 32.7 Å². The van der Waals surface area contributed by atoms with Gasteiger partial charge in [0, 0.05) is 12.8 Å². The maximum Gasteiger partial charge on any atom is 0.472 e. The topological polar surface area (TPSA) is 169 Å². The van der Waals surface area contributed by atoms with Crippen molar-refractivity contribution < 1.29 is 52.9 Å². The number of aliphatic hydroxyl groups is 3. The molecule has 0 aliphatic carbocycles. The van der Waals surface area contributed by atoms with Crippen molar-refractivity contribution in [3.63, 3.8) is 0 Å². The molecule has 0 bridgehead atoms. The van der Waals surface area contributed by atoms with Crippen LogP contribution in [0.2, 0.25) is 0 Å². The van der Waals surface area contributed by atoms with E-state index in [2.05, 4.69) is 37.4 Å². The largest absolute Gasteiger partial charge is 0.472 e. The van der Waals surface area contributed by atoms with Crippen molar-refractivity contribution in [2.75, 3.05) is 26.4 Å². The van der Waals surface area contributed by atoms with Crippen molar-refractivity contribution in [1.29, 1.82) is 0 Å². The average molecular weight is 799 g/mol. The van der Waals surface area contributed by atoms with Gasteiger partial charge in [0.05, 0.1) is 25.9 Å². The van der Waals surface area contributed by atoms with E-state index in [0.29, 0.717) is 32.1 Å². The third-order valence-corrected chi connectivity index (χ3v) is 9.40. The fraction of sp³-hybridized carbons (Fsp3) is 0.721. The number of hydrogen-bond acceptors (Lipinski definition) is 10. The van der Waals surface area contributed by atoms with E-state index in [0.717, 1.165) is 38.0 Å². The summed E-state index contributed by atoms with van der Waals surface area (Å²) >= 11 is 0. The zero-order chi connectivity index (χ0) is 40.8. The lowest BCUT2D eigenvalue weighted by Crippen LogP contribution is -2.29. The van der Waals surface area contributed by atoms with Gasteiger partial charge in [-0.15, -0.1) is 0 Å². The lowest BCUT2D eigenvalue weighted by Gasteiger charge is -2.20. The molecule has 0 amide bonds. The number of hydrogen-bond donors (Lipinski definition) is 4. The lowest BCUT2D eigenvalue weighted by atomic mass is 10.0. The second kappa shape index (κ2) is 37.2. The normalized spacial score (nSPS) is 15.2. The Labute approximate surface area is 332 Å². The van der Waals surface area contributed by atoms with Gasteiger partial charge in [0.15, 0.2) is 6.10 Å². The Morgan fingerprint density at radius 1 is 0.673 bits per heavy atom. The fourth-order valence-electron chi connectivity index (χ4n) is 5.24. The van der Waals surface area contributed by atoms with Crippen molar-refractivity contribution in [1.82, 2.24) is 0 Å². The van der Waals surface area contributed by atoms with Crippen molar-refractivity contribution in [2.24, 2.45) is 5.92 Å². The third-order valence-electron chi connectivity index (χ3n) is 8.44. The molecule has 0 heterocycles. The molecule has 0 rings (SSSR count). The summed E-state index contributed by atoms with van der Waals surface area (Å²) in [6.07, 6.45) is 35.2. The number of phosphoric acid groups is 1. The molecule has 0 saturated heterocycles. The minimum Gasteiger partial charge on any atom is -0.462 e. The first-order valence-corrected chi connectivity index (χ1v) is 22.2. The highest BCUT2D eigenvalue weighted by Gasteiger charge is 2.27. The number of carbonyl (C=O) groups is 2. The zero-order valence-corrected chi connectivity index (χ0v) is 35.0. The minimum absolute atomic E-state index is 0.0723. The molecule has 4 N–H and O–H groups in total. The van der Waals surface area contributed by atoms with Gasteiger partial charge in [-0.3, -0.25) is 18.6 Å². The molecular weight excluding hydrogens is 723 g/mol. The maximum atomic E-state index is 12.6. The summed E-state index contributed by atoms with van der Waals surface area (Å²) in [6.45, 7) is 4.40. The molecule has 2 unspecified atom stereocenters. The van der Waals surface area contributed by atoms with Gasteiger partial charge in [-0.25, -0.2) is 4.57 Å². The van der Waals surface area contributed by atoms with E-state index in [4.69, 9.17) is 19.1 Å². The number of aliphatic hydroxyl groups excluding tert-OH is 3. The van der Waals surface area contributed by atoms with Crippen LogP contribution < -0.4 is 0 Å². The predicted octanol–water partition coefficient (Wildman–Crippen LogP) is 9.55. The molecule has 11 nitrogen and oxygen atoms in total. The lowest BCUT2D eigenvalue weighted by molar-refractivity contribution is -0.161. The first-order chi connectivity index (χ1) is 26.5. The SMILES string of the molecule is CC/C=C\C/C=C\CC(O)/C=C/C=C\C/C=C\CCCC(=O)O[C@H](COC(=O)CCCCCCCCCCCCCC(C)C)COP(=O)(O)OC[C@@H](O)CO. The minimum atomic E-state index is -4.65. The Morgan fingerprint density at radius 2 is 1.25 bits per heavy atom. The highest BCUT2D eigenvalue weighted by Crippen LogP contribution is 2.43. The quantitative estimate of drug-likeness (QED) is 0.0155. The summed E-state index contributed by atoms with van der Waals surface area (Å²) in [5.74, 6) is -0.244. The standard InChI is InChI=1S/C43H75O11P/c1-4-5-6-7-20-25-30-39(45)31-26-21-16-13-14-18-23-28-33-43(48)54-41(37-53-55(49,50)52-35-40(46)34-44)36-51-42(47)32-27-22-17-12-10-8-9-11-15-19-24-29-38(2)3/h5-6,14,16,18,20-21,25-26,31,38-41,44-46H,4,7-13,15,17,19,22-24,27-30,32-37H2,1-3H3,(H,49,50)/b6-5-,18-14-,21-16-,25-20-,31-26+/t39?,40-,41+/m0/s1. The van der Waals surface area contributed by atoms with Gasteiger partial charge in [-0.2, -0.15) is 0 Å². The maximum absolute atomic E-state index is 12.6. The molecule has 0 aliphatic rings. The van der Waals surface area contributed by atoms with E-state index in [1.54, 1.807) is 6.08 Å². The second-order valence-electron chi connectivity index (χ2n) is 14.3. The Hall–Kier alpha value is -2.37. The van der Waals surface area contributed by atoms with Gasteiger partial charge in [0.2, 0.25) is 0 Å². The van der Waals surface area contributed by atoms with E-state index in [9.17, 15) is 29.3 Å². The van der Waals surface area contributed by atoms with Gasteiger partial charge < -0.3 is 29.7 Å². The Kier molecular flexibility index (Phi) is 35.6. The van der Waals surface area contributed by atoms with Crippen LogP contribution in [0.4, 0.5) is 0 Å². The summed E-state index contributed by atoms with van der Waals surface area (Å²) in [4.78, 5) is 34.9. The molecule has 318 valence electrons. The highest BCUT2D eigenvalue weighted by molar-refractivity contribution is 7.47. The van der Waals surface area contributed by atoms with E-state index in [1.165, 1.54) is 51.4 Å². The van der Waals surface area contributed by atoms with Crippen LogP contribution in [0.25, 0.3) is 0 Å². The summed E-state index contributed by atoms with van der Waals surface area (Å²) in [6, 6.07) is 0. The number of allylic oxidation sites excluding steroid dienone is 8. The number of phosphoric ester groups is 1. The van der Waals surface area contributed by atoms with Gasteiger partial charge in [0.1, 0.15) is 12.7 Å². The van der Waals surface area contributed by atoms with E-state index in [-0.39, 0.29) is 19.4 Å². The number of esters is 2. The van der Waals surface area contributed by atoms with Crippen molar-refractivity contribution in [3.8, 4) is 0 Å². The van der Waals surface area contributed by atoms with E-state index < -0.39 is 57.9 Å². The molecule has 0 aromatic carbocycles. The van der Waals surface area contributed by atoms with Gasteiger partial charge in [0.25, 0.3) is 0 Å². The molecule has 0 aliphatic heterocycles. The second-order valence-corrected chi connectivity index (χ2v) is 15.8. The first-order valence-electron chi connectivity index (χ1n) is 20.7. The van der Waals surface area contributed by atoms with Crippen LogP contribution >= 0.6 is 7.82 Å². The Morgan fingerprint density at radius 3 is 1.91 bits per heavy atom. The predicted molar refractivity (Wildman–Crippen MR) is 220 cm³/mol. The molecule has 0 saturated carbocycles. The van der Waals surface area contributed by atoms with E-state index in [1.807, 2.05) is 42.5 Å². The van der Waals surface area contributed by atoms with Gasteiger partial charge in [-0.1, -0.05) is 152 Å². The highest BCUT2D eigenvalue weighted by atomic mass is 31.2. The number of carbonyl (C=O) groups excluding carboxylic acids is 2. The van der Waals surface area contributed by atoms with Gasteiger partial charge in [-0.05, 0) is 50.9 Å². The summed E-state index contributed by atoms with van der Waals surface area (Å²) in [7, 11) is -4.65. The molecule has 55 heavy (non-hydrogen) atoms. The van der Waals surface area contributed by atoms with Crippen LogP contribution in [0.5, 0.6) is 0 Å². The molecule has 0 aromatic rings. The molecule has 0 aromatic heterocycles. The van der Waals surface area contributed by atoms with Crippen molar-refractivity contribution in [2.45, 2.75) is 167 Å². The number of ether oxygens (including phenoxy) is 2. The molecule has 0 fully saturated rings. The van der Waals surface area contributed by atoms with Gasteiger partial charge >= 0.3 is 19.8 Å². The van der Waals surface area contributed by atoms with Crippen LogP contribution in [-0.4, -0.2) is 76.9 Å². The molecule has 0 spiro atoms. The smallest absolute Gasteiger partial charge is 0.462 e. The fourth-order valence-corrected chi connectivity index (χ4v) is 6.03. The Bertz CT molecular complexity index is 1130. The third kappa shape index (κ3) is 38.3. The zero-order valence-electron chi connectivity index (χ0n) is 34.1.